The van der Waals surface area contributed by atoms with Crippen LogP contribution in [0.4, 0.5) is 0 Å². The molecule has 1 fully saturated rings. The number of carbonyl (C=O) groups is 1. The van der Waals surface area contributed by atoms with Gasteiger partial charge in [-0.2, -0.15) is 0 Å². The van der Waals surface area contributed by atoms with Gasteiger partial charge in [0.25, 0.3) is 0 Å². The van der Waals surface area contributed by atoms with Gasteiger partial charge in [-0.25, -0.2) is 0 Å². The van der Waals surface area contributed by atoms with Crippen molar-refractivity contribution in [1.82, 2.24) is 0 Å². The van der Waals surface area contributed by atoms with Crippen LogP contribution in [0.3, 0.4) is 0 Å². The molecule has 4 nitrogen and oxygen atoms in total. The molecule has 0 aromatic heterocycles. The van der Waals surface area contributed by atoms with Crippen LogP contribution in [0.2, 0.25) is 0 Å². The first-order valence-corrected chi connectivity index (χ1v) is 10.8. The Balaban J connectivity index is 1.95. The van der Waals surface area contributed by atoms with Crippen LogP contribution in [-0.2, 0) is 4.79 Å². The lowest BCUT2D eigenvalue weighted by Crippen LogP contribution is -2.11. The second-order valence-electron chi connectivity index (χ2n) is 8.31. The highest BCUT2D eigenvalue weighted by molar-refractivity contribution is 5.95. The Hall–Kier alpha value is -2.10. The highest BCUT2D eigenvalue weighted by atomic mass is 16.4. The molecule has 0 saturated heterocycles. The van der Waals surface area contributed by atoms with Crippen LogP contribution in [0.25, 0.3) is 5.57 Å². The number of nitrogens with two attached hydrogens (primary N) is 1. The maximum Gasteiger partial charge on any atom is 0.303 e. The Labute approximate surface area is 169 Å². The van der Waals surface area contributed by atoms with E-state index in [-0.39, 0.29) is 5.84 Å². The average Bonchev–Trinajstić information content (AvgIpc) is 2.69. The van der Waals surface area contributed by atoms with Crippen LogP contribution < -0.4 is 5.73 Å². The zero-order valence-electron chi connectivity index (χ0n) is 17.1. The SMILES string of the molecule is C=C(c1ccc(C(=N)N)cc1)[C@@H]1CCCCCCC(CC(=O)O)CCCCC1. The minimum atomic E-state index is -0.651. The fourth-order valence-corrected chi connectivity index (χ4v) is 4.37. The number of hydrogen-bond donors (Lipinski definition) is 3. The largest absolute Gasteiger partial charge is 0.481 e. The topological polar surface area (TPSA) is 87.2 Å². The molecule has 1 aliphatic rings. The smallest absolute Gasteiger partial charge is 0.303 e. The van der Waals surface area contributed by atoms with Crippen molar-refractivity contribution in [3.8, 4) is 0 Å². The zero-order valence-corrected chi connectivity index (χ0v) is 17.1. The highest BCUT2D eigenvalue weighted by Crippen LogP contribution is 2.32. The number of rotatable bonds is 5. The molecule has 2 atom stereocenters. The molecule has 154 valence electrons. The maximum atomic E-state index is 11.1. The van der Waals surface area contributed by atoms with E-state index in [0.717, 1.165) is 43.2 Å². The summed E-state index contributed by atoms with van der Waals surface area (Å²) in [5.74, 6) is 0.296. The first-order valence-electron chi connectivity index (χ1n) is 10.8. The molecule has 4 N–H and O–H groups in total. The van der Waals surface area contributed by atoms with Crippen LogP contribution in [0.5, 0.6) is 0 Å². The summed E-state index contributed by atoms with van der Waals surface area (Å²) in [6.45, 7) is 4.40. The monoisotopic (exact) mass is 384 g/mol. The molecule has 0 radical (unpaired) electrons. The molecule has 0 spiro atoms. The third kappa shape index (κ3) is 7.49. The van der Waals surface area contributed by atoms with E-state index in [0.29, 0.717) is 18.3 Å². The minimum absolute atomic E-state index is 0.0976. The second kappa shape index (κ2) is 11.7. The van der Waals surface area contributed by atoms with Crippen molar-refractivity contribution in [2.24, 2.45) is 17.6 Å². The molecular formula is C24H36N2O2. The number of carboxylic acids is 1. The van der Waals surface area contributed by atoms with Crippen LogP contribution >= 0.6 is 0 Å². The molecule has 0 heterocycles. The first kappa shape index (κ1) is 22.2. The van der Waals surface area contributed by atoms with E-state index >= 15 is 0 Å². The van der Waals surface area contributed by atoms with Gasteiger partial charge < -0.3 is 10.8 Å². The van der Waals surface area contributed by atoms with Crippen LogP contribution in [-0.4, -0.2) is 16.9 Å². The minimum Gasteiger partial charge on any atom is -0.481 e. The predicted molar refractivity (Wildman–Crippen MR) is 117 cm³/mol. The van der Waals surface area contributed by atoms with Gasteiger partial charge >= 0.3 is 5.97 Å². The number of benzene rings is 1. The van der Waals surface area contributed by atoms with E-state index in [1.54, 1.807) is 0 Å². The van der Waals surface area contributed by atoms with Crippen LogP contribution in [0.1, 0.15) is 88.2 Å². The molecule has 1 aromatic carbocycles. The fraction of sp³-hybridized carbons (Fsp3) is 0.583. The van der Waals surface area contributed by atoms with Crippen molar-refractivity contribution in [3.63, 3.8) is 0 Å². The van der Waals surface area contributed by atoms with Gasteiger partial charge in [-0.05, 0) is 48.7 Å². The molecule has 2 rings (SSSR count). The van der Waals surface area contributed by atoms with Gasteiger partial charge in [0.05, 0.1) is 0 Å². The lowest BCUT2D eigenvalue weighted by molar-refractivity contribution is -0.138. The van der Waals surface area contributed by atoms with Gasteiger partial charge in [0.15, 0.2) is 0 Å². The van der Waals surface area contributed by atoms with Crippen LogP contribution in [0.15, 0.2) is 30.8 Å². The van der Waals surface area contributed by atoms with Crippen molar-refractivity contribution in [3.05, 3.63) is 42.0 Å². The molecular weight excluding hydrogens is 348 g/mol. The summed E-state index contributed by atoms with van der Waals surface area (Å²) in [6.07, 6.45) is 13.0. The van der Waals surface area contributed by atoms with Gasteiger partial charge in [0.2, 0.25) is 0 Å². The normalized spacial score (nSPS) is 22.3. The Morgan fingerprint density at radius 2 is 1.39 bits per heavy atom. The zero-order chi connectivity index (χ0) is 20.4. The molecule has 1 aliphatic carbocycles. The number of amidine groups is 1. The molecule has 28 heavy (non-hydrogen) atoms. The molecule has 0 aliphatic heterocycles. The Morgan fingerprint density at radius 3 is 1.89 bits per heavy atom. The number of aliphatic carboxylic acids is 1. The molecule has 1 unspecified atom stereocenters. The van der Waals surface area contributed by atoms with Gasteiger partial charge in [0.1, 0.15) is 5.84 Å². The summed E-state index contributed by atoms with van der Waals surface area (Å²) in [7, 11) is 0. The lowest BCUT2D eigenvalue weighted by atomic mass is 9.85. The van der Waals surface area contributed by atoms with E-state index in [1.807, 2.05) is 24.3 Å². The number of allylic oxidation sites excluding steroid dienone is 1. The first-order chi connectivity index (χ1) is 13.5. The predicted octanol–water partition coefficient (Wildman–Crippen LogP) is 6.00. The fourth-order valence-electron chi connectivity index (χ4n) is 4.37. The summed E-state index contributed by atoms with van der Waals surface area (Å²) < 4.78 is 0. The average molecular weight is 385 g/mol. The summed E-state index contributed by atoms with van der Waals surface area (Å²) in [5, 5.41) is 16.7. The Kier molecular flexibility index (Phi) is 9.26. The molecule has 1 aromatic rings. The van der Waals surface area contributed by atoms with E-state index in [4.69, 9.17) is 16.2 Å². The third-order valence-electron chi connectivity index (χ3n) is 6.10. The molecule has 4 heteroatoms. The van der Waals surface area contributed by atoms with Gasteiger partial charge in [-0.3, -0.25) is 10.2 Å². The van der Waals surface area contributed by atoms with E-state index in [9.17, 15) is 4.79 Å². The van der Waals surface area contributed by atoms with Crippen molar-refractivity contribution >= 4 is 17.4 Å². The standard InChI is InChI=1S/C24H36N2O2/c1-18(21-13-15-22(16-14-21)24(25)26)20-11-7-3-2-5-9-19(17-23(27)28)10-6-4-8-12-20/h13-16,19-20H,1-12,17H2,(H3,25,26)(H,27,28)/t19?,20-/m1/s1. The molecule has 1 saturated carbocycles. The van der Waals surface area contributed by atoms with Crippen molar-refractivity contribution < 1.29 is 9.90 Å². The highest BCUT2D eigenvalue weighted by Gasteiger charge is 2.17. The van der Waals surface area contributed by atoms with E-state index in [2.05, 4.69) is 6.58 Å². The number of nitrogen functional groups attached to an aromatic ring is 1. The van der Waals surface area contributed by atoms with Crippen molar-refractivity contribution in [2.75, 3.05) is 0 Å². The Morgan fingerprint density at radius 1 is 0.929 bits per heavy atom. The van der Waals surface area contributed by atoms with Gasteiger partial charge in [-0.15, -0.1) is 0 Å². The van der Waals surface area contributed by atoms with E-state index < -0.39 is 5.97 Å². The molecule has 0 amide bonds. The maximum absolute atomic E-state index is 11.1. The third-order valence-corrected chi connectivity index (χ3v) is 6.10. The van der Waals surface area contributed by atoms with Gasteiger partial charge in [0, 0.05) is 12.0 Å². The summed E-state index contributed by atoms with van der Waals surface area (Å²) >= 11 is 0. The van der Waals surface area contributed by atoms with Crippen LogP contribution in [0, 0.1) is 17.2 Å². The lowest BCUT2D eigenvalue weighted by Gasteiger charge is -2.20. The van der Waals surface area contributed by atoms with E-state index in [1.165, 1.54) is 44.1 Å². The number of hydrogen-bond acceptors (Lipinski definition) is 2. The summed E-state index contributed by atoms with van der Waals surface area (Å²) in [4.78, 5) is 11.1. The Bertz CT molecular complexity index is 651. The van der Waals surface area contributed by atoms with Crippen molar-refractivity contribution in [1.29, 1.82) is 5.41 Å². The quantitative estimate of drug-likeness (QED) is 0.430. The molecule has 0 bridgehead atoms. The second-order valence-corrected chi connectivity index (χ2v) is 8.31. The summed E-state index contributed by atoms with van der Waals surface area (Å²) in [6, 6.07) is 7.89. The van der Waals surface area contributed by atoms with Gasteiger partial charge in [-0.1, -0.05) is 75.8 Å². The number of nitrogens with one attached hydrogen (secondary N) is 1. The van der Waals surface area contributed by atoms with Crippen molar-refractivity contribution in [2.45, 2.75) is 77.0 Å². The number of carboxylic acid groups (broad SMARTS) is 1. The summed E-state index contributed by atoms with van der Waals surface area (Å²) in [5.41, 5.74) is 8.67.